The second-order valence-corrected chi connectivity index (χ2v) is 9.45. The van der Waals surface area contributed by atoms with Crippen molar-refractivity contribution in [3.05, 3.63) is 72.0 Å². The maximum Gasteiger partial charge on any atom is 0.218 e. The van der Waals surface area contributed by atoms with Crippen LogP contribution >= 0.6 is 11.6 Å². The highest BCUT2D eigenvalue weighted by molar-refractivity contribution is 6.34. The molecule has 0 aliphatic carbocycles. The Kier molecular flexibility index (Phi) is 7.76. The first-order valence-corrected chi connectivity index (χ1v) is 12.0. The minimum absolute atomic E-state index is 0.0837. The zero-order valence-corrected chi connectivity index (χ0v) is 21.0. The van der Waals surface area contributed by atoms with Crippen LogP contribution in [0.3, 0.4) is 0 Å². The number of halogens is 2. The van der Waals surface area contributed by atoms with Crippen molar-refractivity contribution < 1.29 is 14.3 Å². The van der Waals surface area contributed by atoms with Crippen LogP contribution in [0.1, 0.15) is 12.8 Å². The number of piperidine rings is 1. The van der Waals surface area contributed by atoms with Crippen LogP contribution in [0.5, 0.6) is 5.75 Å². The van der Waals surface area contributed by atoms with Gasteiger partial charge in [-0.3, -0.25) is 14.7 Å². The molecule has 1 saturated heterocycles. The largest absolute Gasteiger partial charge is 0.507 e. The van der Waals surface area contributed by atoms with E-state index < -0.39 is 5.82 Å². The summed E-state index contributed by atoms with van der Waals surface area (Å²) in [6, 6.07) is 9.59. The summed E-state index contributed by atoms with van der Waals surface area (Å²) >= 11 is 6.49. The van der Waals surface area contributed by atoms with E-state index in [1.165, 1.54) is 17.0 Å². The molecule has 0 atom stereocenters. The van der Waals surface area contributed by atoms with E-state index in [9.17, 15) is 14.3 Å². The predicted octanol–water partition coefficient (Wildman–Crippen LogP) is 4.84. The number of aromatic nitrogens is 1. The summed E-state index contributed by atoms with van der Waals surface area (Å²) in [6.45, 7) is 1.64. The van der Waals surface area contributed by atoms with Gasteiger partial charge in [-0.2, -0.15) is 0 Å². The minimum atomic E-state index is -0.504. The van der Waals surface area contributed by atoms with Crippen molar-refractivity contribution in [3.63, 3.8) is 0 Å². The summed E-state index contributed by atoms with van der Waals surface area (Å²) in [6.07, 6.45) is 9.10. The number of phenols is 1. The van der Waals surface area contributed by atoms with Gasteiger partial charge in [0.2, 0.25) is 6.41 Å². The number of anilines is 2. The number of nitrogens with two attached hydrogens (primary N) is 1. The normalized spacial score (nSPS) is 14.3. The highest BCUT2D eigenvalue weighted by Gasteiger charge is 2.19. The van der Waals surface area contributed by atoms with Crippen LogP contribution < -0.4 is 15.5 Å². The molecule has 1 fully saturated rings. The van der Waals surface area contributed by atoms with Crippen molar-refractivity contribution in [1.29, 1.82) is 0 Å². The first-order chi connectivity index (χ1) is 17.3. The van der Waals surface area contributed by atoms with Crippen LogP contribution in [0.4, 0.5) is 15.8 Å². The zero-order valence-electron chi connectivity index (χ0n) is 20.2. The maximum absolute atomic E-state index is 14.8. The van der Waals surface area contributed by atoms with Gasteiger partial charge in [0, 0.05) is 68.5 Å². The van der Waals surface area contributed by atoms with Crippen LogP contribution in [-0.2, 0) is 4.79 Å². The number of nitrogens with zero attached hydrogens (tertiary/aromatic N) is 4. The van der Waals surface area contributed by atoms with Gasteiger partial charge in [-0.25, -0.2) is 4.39 Å². The van der Waals surface area contributed by atoms with E-state index in [1.807, 2.05) is 20.2 Å². The van der Waals surface area contributed by atoms with Gasteiger partial charge < -0.3 is 20.6 Å². The van der Waals surface area contributed by atoms with E-state index in [4.69, 9.17) is 17.3 Å². The Morgan fingerprint density at radius 3 is 2.42 bits per heavy atom. The summed E-state index contributed by atoms with van der Waals surface area (Å²) in [4.78, 5) is 21.2. The number of carbonyl (C=O) groups excluding carboxylic acids is 1. The quantitative estimate of drug-likeness (QED) is 0.443. The lowest BCUT2D eigenvalue weighted by molar-refractivity contribution is -0.106. The topological polar surface area (TPSA) is 85.9 Å². The lowest BCUT2D eigenvalue weighted by Crippen LogP contribution is -2.39. The van der Waals surface area contributed by atoms with Crippen molar-refractivity contribution in [3.8, 4) is 28.0 Å². The molecule has 0 bridgehead atoms. The predicted molar refractivity (Wildman–Crippen MR) is 143 cm³/mol. The number of amides is 1. The van der Waals surface area contributed by atoms with Gasteiger partial charge in [0.25, 0.3) is 0 Å². The third kappa shape index (κ3) is 5.61. The molecule has 7 nitrogen and oxygen atoms in total. The molecule has 36 heavy (non-hydrogen) atoms. The van der Waals surface area contributed by atoms with Gasteiger partial charge in [0.1, 0.15) is 11.6 Å². The Morgan fingerprint density at radius 2 is 1.78 bits per heavy atom. The Bertz CT molecular complexity index is 1280. The lowest BCUT2D eigenvalue weighted by Gasteiger charge is -2.32. The third-order valence-corrected chi connectivity index (χ3v) is 6.49. The molecular weight excluding hydrogens is 481 g/mol. The second kappa shape index (κ2) is 11.0. The molecule has 0 saturated carbocycles. The van der Waals surface area contributed by atoms with Gasteiger partial charge >= 0.3 is 0 Å². The third-order valence-electron chi connectivity index (χ3n) is 6.19. The summed E-state index contributed by atoms with van der Waals surface area (Å²) in [5, 5.41) is 11.4. The SMILES string of the molecule is CN(C)/C=C\N(C=O)c1ccc(-c2cc(F)cc(-c3cncc(N4CCC(N)CC4)c3)c2O)cc1Cl. The molecule has 188 valence electrons. The van der Waals surface area contributed by atoms with Crippen molar-refractivity contribution >= 4 is 29.4 Å². The van der Waals surface area contributed by atoms with Crippen molar-refractivity contribution in [2.24, 2.45) is 5.73 Å². The first-order valence-electron chi connectivity index (χ1n) is 11.6. The molecule has 2 aromatic carbocycles. The Balaban J connectivity index is 1.69. The van der Waals surface area contributed by atoms with Crippen molar-refractivity contribution in [2.45, 2.75) is 18.9 Å². The number of pyridine rings is 1. The van der Waals surface area contributed by atoms with Crippen LogP contribution in [0.2, 0.25) is 5.02 Å². The molecule has 0 spiro atoms. The lowest BCUT2D eigenvalue weighted by atomic mass is 9.97. The summed E-state index contributed by atoms with van der Waals surface area (Å²) in [5.74, 6) is -0.588. The molecule has 4 rings (SSSR count). The number of phenolic OH excluding ortho intramolecular Hbond substituents is 1. The zero-order chi connectivity index (χ0) is 25.8. The van der Waals surface area contributed by atoms with Gasteiger partial charge in [0.15, 0.2) is 0 Å². The number of hydrogen-bond donors (Lipinski definition) is 2. The highest BCUT2D eigenvalue weighted by atomic mass is 35.5. The molecule has 2 heterocycles. The van der Waals surface area contributed by atoms with E-state index in [2.05, 4.69) is 9.88 Å². The van der Waals surface area contributed by atoms with Crippen LogP contribution in [0.25, 0.3) is 22.3 Å². The summed E-state index contributed by atoms with van der Waals surface area (Å²) < 4.78 is 14.8. The smallest absolute Gasteiger partial charge is 0.218 e. The fourth-order valence-electron chi connectivity index (χ4n) is 4.21. The Labute approximate surface area is 215 Å². The number of carbonyl (C=O) groups is 1. The van der Waals surface area contributed by atoms with Crippen LogP contribution in [0, 0.1) is 5.82 Å². The van der Waals surface area contributed by atoms with Gasteiger partial charge in [-0.15, -0.1) is 0 Å². The molecular formula is C27H29ClFN5O2. The Hall–Kier alpha value is -3.62. The van der Waals surface area contributed by atoms with E-state index in [1.54, 1.807) is 47.9 Å². The van der Waals surface area contributed by atoms with E-state index in [-0.39, 0.29) is 22.4 Å². The standard InChI is InChI=1S/C27H29ClFN5O2/c1-32(2)9-10-34(17-35)26-4-3-18(12-25(26)28)23-13-20(29)14-24(27(23)36)19-11-22(16-31-15-19)33-7-5-21(30)6-8-33/h3-4,9-17,21,36H,5-8,30H2,1-2H3/b10-9-. The van der Waals surface area contributed by atoms with Crippen LogP contribution in [0.15, 0.2) is 61.2 Å². The summed E-state index contributed by atoms with van der Waals surface area (Å²) in [7, 11) is 3.67. The van der Waals surface area contributed by atoms with Crippen LogP contribution in [-0.4, -0.2) is 54.6 Å². The first kappa shape index (κ1) is 25.5. The average Bonchev–Trinajstić information content (AvgIpc) is 2.86. The minimum Gasteiger partial charge on any atom is -0.507 e. The average molecular weight is 510 g/mol. The number of benzene rings is 2. The van der Waals surface area contributed by atoms with Crippen molar-refractivity contribution in [2.75, 3.05) is 37.0 Å². The fraction of sp³-hybridized carbons (Fsp3) is 0.259. The molecule has 3 N–H and O–H groups in total. The highest BCUT2D eigenvalue weighted by Crippen LogP contribution is 2.41. The number of aromatic hydroxyl groups is 1. The van der Waals surface area contributed by atoms with E-state index in [0.29, 0.717) is 28.8 Å². The molecule has 1 aliphatic heterocycles. The molecule has 0 unspecified atom stereocenters. The van der Waals surface area contributed by atoms with Gasteiger partial charge in [-0.05, 0) is 48.7 Å². The molecule has 3 aromatic rings. The van der Waals surface area contributed by atoms with Crippen molar-refractivity contribution in [1.82, 2.24) is 9.88 Å². The molecule has 1 aromatic heterocycles. The maximum atomic E-state index is 14.8. The molecule has 9 heteroatoms. The molecule has 1 aliphatic rings. The summed E-state index contributed by atoms with van der Waals surface area (Å²) in [5.41, 5.74) is 9.12. The van der Waals surface area contributed by atoms with Gasteiger partial charge in [0.05, 0.1) is 22.6 Å². The number of rotatable bonds is 7. The molecule has 1 amide bonds. The van der Waals surface area contributed by atoms with E-state index in [0.717, 1.165) is 31.6 Å². The second-order valence-electron chi connectivity index (χ2n) is 9.05. The van der Waals surface area contributed by atoms with Gasteiger partial charge in [-0.1, -0.05) is 17.7 Å². The number of hydrogen-bond acceptors (Lipinski definition) is 6. The fourth-order valence-corrected chi connectivity index (χ4v) is 4.48. The Morgan fingerprint density at radius 1 is 1.08 bits per heavy atom. The van der Waals surface area contributed by atoms with E-state index >= 15 is 0 Å². The monoisotopic (exact) mass is 509 g/mol. The molecule has 0 radical (unpaired) electrons.